The number of nitrogens with zero attached hydrogens (tertiary/aromatic N) is 4. The number of nitrogens with one attached hydrogen (secondary N) is 1. The van der Waals surface area contributed by atoms with Gasteiger partial charge in [-0.2, -0.15) is 5.10 Å². The summed E-state index contributed by atoms with van der Waals surface area (Å²) in [5.74, 6) is -0.0511. The molecule has 0 aliphatic carbocycles. The highest BCUT2D eigenvalue weighted by molar-refractivity contribution is 7.07. The SMILES string of the molecule is COc1cc(C(=O)Nc2ccc(-n3cncn3)c(F)c2)ccc1OCc1cscn1. The molecule has 0 bridgehead atoms. The maximum atomic E-state index is 14.4. The first-order chi connectivity index (χ1) is 14.6. The van der Waals surface area contributed by atoms with Crippen LogP contribution < -0.4 is 14.8 Å². The van der Waals surface area contributed by atoms with Crippen LogP contribution in [-0.2, 0) is 6.61 Å². The number of amides is 1. The van der Waals surface area contributed by atoms with Gasteiger partial charge in [-0.05, 0) is 36.4 Å². The fourth-order valence-electron chi connectivity index (χ4n) is 2.69. The number of halogens is 1. The van der Waals surface area contributed by atoms with Gasteiger partial charge in [0.1, 0.15) is 24.9 Å². The van der Waals surface area contributed by atoms with E-state index in [-0.39, 0.29) is 5.69 Å². The first-order valence-electron chi connectivity index (χ1n) is 8.78. The van der Waals surface area contributed by atoms with Gasteiger partial charge in [-0.25, -0.2) is 19.0 Å². The summed E-state index contributed by atoms with van der Waals surface area (Å²) in [5.41, 5.74) is 3.41. The van der Waals surface area contributed by atoms with E-state index in [0.717, 1.165) is 5.69 Å². The van der Waals surface area contributed by atoms with E-state index < -0.39 is 11.7 Å². The Morgan fingerprint density at radius 2 is 2.13 bits per heavy atom. The van der Waals surface area contributed by atoms with Crippen LogP contribution in [0.3, 0.4) is 0 Å². The predicted octanol–water partition coefficient (Wildman–Crippen LogP) is 3.70. The van der Waals surface area contributed by atoms with Gasteiger partial charge in [-0.1, -0.05) is 0 Å². The smallest absolute Gasteiger partial charge is 0.255 e. The molecular formula is C20H16FN5O3S. The van der Waals surface area contributed by atoms with E-state index in [4.69, 9.17) is 9.47 Å². The van der Waals surface area contributed by atoms with Gasteiger partial charge in [0.25, 0.3) is 5.91 Å². The van der Waals surface area contributed by atoms with Crippen LogP contribution in [0.1, 0.15) is 16.1 Å². The lowest BCUT2D eigenvalue weighted by molar-refractivity contribution is 0.102. The second-order valence-corrected chi connectivity index (χ2v) is 6.81. The summed E-state index contributed by atoms with van der Waals surface area (Å²) in [5, 5.41) is 8.45. The molecule has 4 rings (SSSR count). The van der Waals surface area contributed by atoms with Crippen LogP contribution in [0.2, 0.25) is 0 Å². The van der Waals surface area contributed by atoms with Crippen LogP contribution in [0.4, 0.5) is 10.1 Å². The van der Waals surface area contributed by atoms with E-state index >= 15 is 0 Å². The van der Waals surface area contributed by atoms with Crippen molar-refractivity contribution in [2.24, 2.45) is 0 Å². The van der Waals surface area contributed by atoms with E-state index in [9.17, 15) is 9.18 Å². The molecule has 10 heteroatoms. The molecule has 0 spiro atoms. The van der Waals surface area contributed by atoms with Crippen molar-refractivity contribution in [1.82, 2.24) is 19.7 Å². The second-order valence-electron chi connectivity index (χ2n) is 6.09. The third-order valence-corrected chi connectivity index (χ3v) is 4.79. The van der Waals surface area contributed by atoms with E-state index in [2.05, 4.69) is 20.4 Å². The molecule has 0 unspecified atom stereocenters. The molecule has 1 N–H and O–H groups in total. The van der Waals surface area contributed by atoms with Crippen LogP contribution in [0, 0.1) is 5.82 Å². The molecule has 8 nitrogen and oxygen atoms in total. The number of methoxy groups -OCH3 is 1. The Kier molecular flexibility index (Phi) is 5.66. The van der Waals surface area contributed by atoms with Gasteiger partial charge in [0.05, 0.1) is 18.3 Å². The van der Waals surface area contributed by atoms with Crippen LogP contribution in [0.25, 0.3) is 5.69 Å². The fraction of sp³-hybridized carbons (Fsp3) is 0.100. The third-order valence-electron chi connectivity index (χ3n) is 4.16. The van der Waals surface area contributed by atoms with Crippen molar-refractivity contribution in [1.29, 1.82) is 0 Å². The number of carbonyl (C=O) groups is 1. The molecule has 0 saturated heterocycles. The summed E-state index contributed by atoms with van der Waals surface area (Å²) in [6.45, 7) is 0.294. The summed E-state index contributed by atoms with van der Waals surface area (Å²) in [6.07, 6.45) is 2.70. The summed E-state index contributed by atoms with van der Waals surface area (Å²) in [4.78, 5) is 20.5. The molecule has 152 valence electrons. The lowest BCUT2D eigenvalue weighted by atomic mass is 10.1. The zero-order chi connectivity index (χ0) is 20.9. The van der Waals surface area contributed by atoms with Crippen LogP contribution >= 0.6 is 11.3 Å². The Morgan fingerprint density at radius 1 is 1.23 bits per heavy atom. The molecule has 2 aromatic carbocycles. The zero-order valence-corrected chi connectivity index (χ0v) is 16.6. The average molecular weight is 425 g/mol. The molecule has 2 aromatic heterocycles. The van der Waals surface area contributed by atoms with Crippen LogP contribution in [0.5, 0.6) is 11.5 Å². The minimum absolute atomic E-state index is 0.230. The molecule has 0 saturated carbocycles. The average Bonchev–Trinajstić information content (AvgIpc) is 3.46. The topological polar surface area (TPSA) is 91.2 Å². The highest BCUT2D eigenvalue weighted by Gasteiger charge is 2.13. The van der Waals surface area contributed by atoms with E-state index in [0.29, 0.717) is 29.4 Å². The van der Waals surface area contributed by atoms with Crippen molar-refractivity contribution in [2.45, 2.75) is 6.61 Å². The van der Waals surface area contributed by atoms with Gasteiger partial charge >= 0.3 is 0 Å². The van der Waals surface area contributed by atoms with Crippen molar-refractivity contribution in [3.8, 4) is 17.2 Å². The Hall–Kier alpha value is -3.79. The second kappa shape index (κ2) is 8.70. The lowest BCUT2D eigenvalue weighted by Gasteiger charge is -2.12. The van der Waals surface area contributed by atoms with Gasteiger partial charge in [0, 0.05) is 16.6 Å². The molecular weight excluding hydrogens is 409 g/mol. The summed E-state index contributed by atoms with van der Waals surface area (Å²) < 4.78 is 26.7. The maximum Gasteiger partial charge on any atom is 0.255 e. The number of ether oxygens (including phenoxy) is 2. The number of anilines is 1. The molecule has 0 aliphatic rings. The van der Waals surface area contributed by atoms with Gasteiger partial charge in [-0.15, -0.1) is 11.3 Å². The van der Waals surface area contributed by atoms with Crippen molar-refractivity contribution in [2.75, 3.05) is 12.4 Å². The van der Waals surface area contributed by atoms with E-state index in [1.165, 1.54) is 47.9 Å². The number of benzene rings is 2. The summed E-state index contributed by atoms with van der Waals surface area (Å²) in [7, 11) is 1.49. The highest BCUT2D eigenvalue weighted by Crippen LogP contribution is 2.29. The van der Waals surface area contributed by atoms with Gasteiger partial charge < -0.3 is 14.8 Å². The Balaban J connectivity index is 1.47. The van der Waals surface area contributed by atoms with E-state index in [1.807, 2.05) is 5.38 Å². The fourth-order valence-corrected chi connectivity index (χ4v) is 3.24. The summed E-state index contributed by atoms with van der Waals surface area (Å²) >= 11 is 1.48. The van der Waals surface area contributed by atoms with Crippen LogP contribution in [0.15, 0.2) is 59.9 Å². The first-order valence-corrected chi connectivity index (χ1v) is 9.72. The predicted molar refractivity (Wildman–Crippen MR) is 109 cm³/mol. The monoisotopic (exact) mass is 425 g/mol. The molecule has 0 aliphatic heterocycles. The quantitative estimate of drug-likeness (QED) is 0.486. The number of aromatic nitrogens is 4. The number of thiazole rings is 1. The zero-order valence-electron chi connectivity index (χ0n) is 15.8. The standard InChI is InChI=1S/C20H16FN5O3S/c1-28-19-6-13(2-5-18(19)29-8-15-9-30-12-23-15)20(27)25-14-3-4-17(16(21)7-14)26-11-22-10-24-26/h2-7,9-12H,8H2,1H3,(H,25,27). The van der Waals surface area contributed by atoms with Crippen molar-refractivity contribution < 1.29 is 18.7 Å². The Morgan fingerprint density at radius 3 is 2.83 bits per heavy atom. The first kappa shape index (κ1) is 19.5. The molecule has 4 aromatic rings. The minimum Gasteiger partial charge on any atom is -0.493 e. The normalized spacial score (nSPS) is 10.6. The highest BCUT2D eigenvalue weighted by atomic mass is 32.1. The Labute approximate surface area is 174 Å². The lowest BCUT2D eigenvalue weighted by Crippen LogP contribution is -2.13. The number of rotatable bonds is 7. The molecule has 2 heterocycles. The number of hydrogen-bond acceptors (Lipinski definition) is 7. The van der Waals surface area contributed by atoms with Crippen molar-refractivity contribution in [3.05, 3.63) is 77.0 Å². The summed E-state index contributed by atoms with van der Waals surface area (Å²) in [6, 6.07) is 9.13. The maximum absolute atomic E-state index is 14.4. The molecule has 0 atom stereocenters. The van der Waals surface area contributed by atoms with Crippen LogP contribution in [-0.4, -0.2) is 32.8 Å². The number of hydrogen-bond donors (Lipinski definition) is 1. The number of carbonyl (C=O) groups excluding carboxylic acids is 1. The van der Waals surface area contributed by atoms with Crippen molar-refractivity contribution in [3.63, 3.8) is 0 Å². The van der Waals surface area contributed by atoms with Gasteiger partial charge in [0.2, 0.25) is 0 Å². The third kappa shape index (κ3) is 4.28. The largest absolute Gasteiger partial charge is 0.493 e. The van der Waals surface area contributed by atoms with Gasteiger partial charge in [0.15, 0.2) is 17.3 Å². The molecule has 1 amide bonds. The Bertz CT molecular complexity index is 1150. The van der Waals surface area contributed by atoms with Crippen molar-refractivity contribution >= 4 is 22.9 Å². The molecule has 0 radical (unpaired) electrons. The minimum atomic E-state index is -0.540. The van der Waals surface area contributed by atoms with E-state index in [1.54, 1.807) is 29.8 Å². The molecule has 0 fully saturated rings. The van der Waals surface area contributed by atoms with Gasteiger partial charge in [-0.3, -0.25) is 4.79 Å². The molecule has 30 heavy (non-hydrogen) atoms.